The van der Waals surface area contributed by atoms with Crippen LogP contribution in [0.2, 0.25) is 0 Å². The Morgan fingerprint density at radius 3 is 2.90 bits per heavy atom. The highest BCUT2D eigenvalue weighted by Gasteiger charge is 2.11. The average Bonchev–Trinajstić information content (AvgIpc) is 2.82. The minimum Gasteiger partial charge on any atom is -0.389 e. The van der Waals surface area contributed by atoms with Gasteiger partial charge < -0.3 is 15.6 Å². The number of nitrogens with two attached hydrogens (primary N) is 1. The fraction of sp³-hybridized carbons (Fsp3) is 0.286. The molecule has 20 heavy (non-hydrogen) atoms. The number of benzene rings is 1. The van der Waals surface area contributed by atoms with Gasteiger partial charge in [0.05, 0.1) is 6.54 Å². The molecular formula is C14H18N4S2. The second-order valence-corrected chi connectivity index (χ2v) is 6.03. The molecule has 0 aliphatic heterocycles. The van der Waals surface area contributed by atoms with E-state index in [2.05, 4.69) is 23.3 Å². The largest absolute Gasteiger partial charge is 0.389 e. The molecule has 1 aromatic carbocycles. The van der Waals surface area contributed by atoms with Crippen LogP contribution in [0.3, 0.4) is 0 Å². The quantitative estimate of drug-likeness (QED) is 0.635. The van der Waals surface area contributed by atoms with Gasteiger partial charge in [0.2, 0.25) is 0 Å². The van der Waals surface area contributed by atoms with Gasteiger partial charge in [-0.25, -0.2) is 4.98 Å². The SMILES string of the molecule is CCSc1cccc(NCc2nccn2C)c1C(N)=S. The van der Waals surface area contributed by atoms with E-state index >= 15 is 0 Å². The molecule has 0 atom stereocenters. The fourth-order valence-corrected chi connectivity index (χ4v) is 3.08. The lowest BCUT2D eigenvalue weighted by molar-refractivity contribution is 0.812. The maximum atomic E-state index is 5.88. The van der Waals surface area contributed by atoms with Crippen molar-refractivity contribution in [3.05, 3.63) is 42.0 Å². The second kappa shape index (κ2) is 6.76. The van der Waals surface area contributed by atoms with Gasteiger partial charge >= 0.3 is 0 Å². The number of aryl methyl sites for hydroxylation is 1. The van der Waals surface area contributed by atoms with Crippen LogP contribution in [-0.4, -0.2) is 20.3 Å². The van der Waals surface area contributed by atoms with Crippen molar-refractivity contribution in [1.82, 2.24) is 9.55 Å². The van der Waals surface area contributed by atoms with Crippen LogP contribution in [0.15, 0.2) is 35.5 Å². The molecule has 0 radical (unpaired) electrons. The summed E-state index contributed by atoms with van der Waals surface area (Å²) in [6.07, 6.45) is 3.71. The monoisotopic (exact) mass is 306 g/mol. The number of rotatable bonds is 6. The predicted molar refractivity (Wildman–Crippen MR) is 89.3 cm³/mol. The van der Waals surface area contributed by atoms with Crippen LogP contribution in [-0.2, 0) is 13.6 Å². The standard InChI is InChI=1S/C14H18N4S2/c1-3-20-11-6-4-5-10(13(11)14(15)19)17-9-12-16-7-8-18(12)2/h4-8,17H,3,9H2,1-2H3,(H2,15,19). The molecule has 0 amide bonds. The van der Waals surface area contributed by atoms with E-state index in [1.807, 2.05) is 29.9 Å². The molecular weight excluding hydrogens is 288 g/mol. The van der Waals surface area contributed by atoms with Crippen molar-refractivity contribution in [2.24, 2.45) is 12.8 Å². The molecule has 4 nitrogen and oxygen atoms in total. The Morgan fingerprint density at radius 1 is 1.50 bits per heavy atom. The zero-order chi connectivity index (χ0) is 14.5. The van der Waals surface area contributed by atoms with Crippen molar-refractivity contribution >= 4 is 34.7 Å². The summed E-state index contributed by atoms with van der Waals surface area (Å²) in [6.45, 7) is 2.75. The maximum Gasteiger partial charge on any atom is 0.127 e. The summed E-state index contributed by atoms with van der Waals surface area (Å²) in [5.41, 5.74) is 7.76. The number of anilines is 1. The molecule has 2 rings (SSSR count). The summed E-state index contributed by atoms with van der Waals surface area (Å²) in [4.78, 5) is 5.83. The molecule has 106 valence electrons. The van der Waals surface area contributed by atoms with E-state index in [0.29, 0.717) is 11.5 Å². The Morgan fingerprint density at radius 2 is 2.30 bits per heavy atom. The van der Waals surface area contributed by atoms with Gasteiger partial charge in [-0.2, -0.15) is 0 Å². The number of nitrogens with zero attached hydrogens (tertiary/aromatic N) is 2. The van der Waals surface area contributed by atoms with E-state index in [9.17, 15) is 0 Å². The lowest BCUT2D eigenvalue weighted by atomic mass is 10.1. The Kier molecular flexibility index (Phi) is 5.03. The first kappa shape index (κ1) is 14.9. The second-order valence-electron chi connectivity index (χ2n) is 4.28. The first-order valence-electron chi connectivity index (χ1n) is 6.39. The number of hydrogen-bond acceptors (Lipinski definition) is 4. The molecule has 2 aromatic rings. The molecule has 0 aliphatic rings. The Labute approximate surface area is 128 Å². The van der Waals surface area contributed by atoms with Gasteiger partial charge in [0.15, 0.2) is 0 Å². The highest BCUT2D eigenvalue weighted by molar-refractivity contribution is 7.99. The third-order valence-corrected chi connectivity index (χ3v) is 4.07. The molecule has 1 aromatic heterocycles. The molecule has 0 spiro atoms. The Hall–Kier alpha value is -1.53. The van der Waals surface area contributed by atoms with E-state index in [0.717, 1.165) is 27.7 Å². The van der Waals surface area contributed by atoms with Gasteiger partial charge in [0.25, 0.3) is 0 Å². The average molecular weight is 306 g/mol. The van der Waals surface area contributed by atoms with Gasteiger partial charge in [0.1, 0.15) is 10.8 Å². The van der Waals surface area contributed by atoms with E-state index in [1.54, 1.807) is 18.0 Å². The topological polar surface area (TPSA) is 55.9 Å². The van der Waals surface area contributed by atoms with Crippen molar-refractivity contribution in [1.29, 1.82) is 0 Å². The van der Waals surface area contributed by atoms with E-state index in [4.69, 9.17) is 18.0 Å². The third kappa shape index (κ3) is 3.32. The van der Waals surface area contributed by atoms with Crippen molar-refractivity contribution < 1.29 is 0 Å². The lowest BCUT2D eigenvalue weighted by Gasteiger charge is -2.14. The van der Waals surface area contributed by atoms with Crippen molar-refractivity contribution in [3.8, 4) is 0 Å². The van der Waals surface area contributed by atoms with E-state index < -0.39 is 0 Å². The molecule has 0 unspecified atom stereocenters. The normalized spacial score (nSPS) is 10.5. The first-order valence-corrected chi connectivity index (χ1v) is 7.78. The van der Waals surface area contributed by atoms with E-state index in [-0.39, 0.29) is 0 Å². The molecule has 0 fully saturated rings. The van der Waals surface area contributed by atoms with Crippen LogP contribution in [0.1, 0.15) is 18.3 Å². The summed E-state index contributed by atoms with van der Waals surface area (Å²) < 4.78 is 1.98. The molecule has 1 heterocycles. The minimum absolute atomic E-state index is 0.420. The van der Waals surface area contributed by atoms with Gasteiger partial charge in [-0.1, -0.05) is 25.2 Å². The number of aromatic nitrogens is 2. The van der Waals surface area contributed by atoms with Gasteiger partial charge in [-0.3, -0.25) is 0 Å². The van der Waals surface area contributed by atoms with Gasteiger partial charge in [-0.15, -0.1) is 11.8 Å². The van der Waals surface area contributed by atoms with Crippen LogP contribution in [0.25, 0.3) is 0 Å². The predicted octanol–water partition coefficient (Wildman–Crippen LogP) is 2.78. The summed E-state index contributed by atoms with van der Waals surface area (Å²) in [5, 5.41) is 3.37. The van der Waals surface area contributed by atoms with E-state index in [1.165, 1.54) is 0 Å². The maximum absolute atomic E-state index is 5.88. The van der Waals surface area contributed by atoms with Crippen LogP contribution in [0.5, 0.6) is 0 Å². The summed E-state index contributed by atoms with van der Waals surface area (Å²) in [5.74, 6) is 1.95. The molecule has 0 saturated carbocycles. The molecule has 6 heteroatoms. The molecule has 0 bridgehead atoms. The molecule has 0 aliphatic carbocycles. The third-order valence-electron chi connectivity index (χ3n) is 2.93. The highest BCUT2D eigenvalue weighted by atomic mass is 32.2. The Balaban J connectivity index is 2.24. The van der Waals surface area contributed by atoms with Crippen LogP contribution >= 0.6 is 24.0 Å². The van der Waals surface area contributed by atoms with Crippen molar-refractivity contribution in [3.63, 3.8) is 0 Å². The number of thioether (sulfide) groups is 1. The van der Waals surface area contributed by atoms with Crippen LogP contribution < -0.4 is 11.1 Å². The zero-order valence-electron chi connectivity index (χ0n) is 11.6. The summed E-state index contributed by atoms with van der Waals surface area (Å²) in [7, 11) is 1.97. The van der Waals surface area contributed by atoms with Crippen LogP contribution in [0, 0.1) is 0 Å². The first-order chi connectivity index (χ1) is 9.63. The van der Waals surface area contributed by atoms with Crippen LogP contribution in [0.4, 0.5) is 5.69 Å². The Bertz CT molecular complexity index is 607. The lowest BCUT2D eigenvalue weighted by Crippen LogP contribution is -2.15. The zero-order valence-corrected chi connectivity index (χ0v) is 13.2. The molecule has 0 saturated heterocycles. The number of imidazole rings is 1. The summed E-state index contributed by atoms with van der Waals surface area (Å²) in [6, 6.07) is 6.06. The number of thiocarbonyl (C=S) groups is 1. The molecule has 3 N–H and O–H groups in total. The highest BCUT2D eigenvalue weighted by Crippen LogP contribution is 2.28. The van der Waals surface area contributed by atoms with Crippen molar-refractivity contribution in [2.75, 3.05) is 11.1 Å². The van der Waals surface area contributed by atoms with Gasteiger partial charge in [-0.05, 0) is 17.9 Å². The smallest absolute Gasteiger partial charge is 0.127 e. The fourth-order valence-electron chi connectivity index (χ4n) is 1.95. The number of nitrogens with one attached hydrogen (secondary N) is 1. The number of hydrogen-bond donors (Lipinski definition) is 2. The minimum atomic E-state index is 0.420. The van der Waals surface area contributed by atoms with Crippen molar-refractivity contribution in [2.45, 2.75) is 18.4 Å². The van der Waals surface area contributed by atoms with Gasteiger partial charge in [0, 0.05) is 35.6 Å². The summed E-state index contributed by atoms with van der Waals surface area (Å²) >= 11 is 6.94.